The third kappa shape index (κ3) is 14.7. The van der Waals surface area contributed by atoms with Crippen molar-refractivity contribution >= 4 is 5.91 Å². The van der Waals surface area contributed by atoms with Crippen LogP contribution in [0.4, 0.5) is 0 Å². The Hall–Kier alpha value is -0.870. The Labute approximate surface area is 148 Å². The van der Waals surface area contributed by atoms with Crippen LogP contribution in [0.1, 0.15) is 90.9 Å². The van der Waals surface area contributed by atoms with Gasteiger partial charge < -0.3 is 15.5 Å². The maximum atomic E-state index is 10.9. The van der Waals surface area contributed by atoms with Gasteiger partial charge in [0, 0.05) is 6.92 Å². The quantitative estimate of drug-likeness (QED) is 0.292. The Morgan fingerprint density at radius 3 is 1.92 bits per heavy atom. The summed E-state index contributed by atoms with van der Waals surface area (Å²) in [4.78, 5) is 10.9. The third-order valence-electron chi connectivity index (χ3n) is 4.31. The number of hydrogen-bond donors (Lipinski definition) is 3. The fourth-order valence-electron chi connectivity index (χ4n) is 2.80. The normalized spacial score (nSPS) is 14.0. The summed E-state index contributed by atoms with van der Waals surface area (Å²) in [6.07, 6.45) is 18.3. The molecule has 0 aromatic heterocycles. The highest BCUT2D eigenvalue weighted by atomic mass is 16.3. The summed E-state index contributed by atoms with van der Waals surface area (Å²) in [5.41, 5.74) is 0. The van der Waals surface area contributed by atoms with E-state index in [0.29, 0.717) is 0 Å². The van der Waals surface area contributed by atoms with E-state index in [-0.39, 0.29) is 12.5 Å². The van der Waals surface area contributed by atoms with Crippen LogP contribution in [0, 0.1) is 0 Å². The van der Waals surface area contributed by atoms with Gasteiger partial charge in [-0.1, -0.05) is 83.3 Å². The van der Waals surface area contributed by atoms with Crippen LogP contribution < -0.4 is 5.32 Å². The maximum absolute atomic E-state index is 10.9. The van der Waals surface area contributed by atoms with Gasteiger partial charge in [0.2, 0.25) is 5.91 Å². The van der Waals surface area contributed by atoms with Crippen LogP contribution >= 0.6 is 0 Å². The highest BCUT2D eigenvalue weighted by Gasteiger charge is 2.15. The number of aliphatic hydroxyl groups excluding tert-OH is 2. The van der Waals surface area contributed by atoms with Gasteiger partial charge in [0.05, 0.1) is 18.8 Å². The predicted octanol–water partition coefficient (Wildman–Crippen LogP) is 4.10. The van der Waals surface area contributed by atoms with Crippen LogP contribution in [0.2, 0.25) is 0 Å². The van der Waals surface area contributed by atoms with Gasteiger partial charge in [-0.3, -0.25) is 4.79 Å². The Morgan fingerprint density at radius 2 is 1.46 bits per heavy atom. The van der Waals surface area contributed by atoms with E-state index in [1.54, 1.807) is 6.08 Å². The van der Waals surface area contributed by atoms with E-state index < -0.39 is 12.1 Å². The first-order chi connectivity index (χ1) is 11.6. The standard InChI is InChI=1S/C20H39NO3/c1-3-4-5-6-7-8-9-10-11-12-13-14-15-16-20(24)19(17-22)21-18(2)23/h15-16,19-20,22,24H,3-14,17H2,1-2H3,(H,21,23)/b16-15-/t19-,20-/m0/s1. The minimum Gasteiger partial charge on any atom is -0.394 e. The van der Waals surface area contributed by atoms with E-state index in [1.165, 1.54) is 71.1 Å². The van der Waals surface area contributed by atoms with Gasteiger partial charge in [-0.15, -0.1) is 0 Å². The molecule has 0 heterocycles. The number of amides is 1. The second kappa shape index (κ2) is 17.0. The molecule has 0 unspecified atom stereocenters. The molecule has 0 aliphatic heterocycles. The van der Waals surface area contributed by atoms with E-state index in [2.05, 4.69) is 12.2 Å². The molecule has 0 radical (unpaired) electrons. The number of nitrogens with one attached hydrogen (secondary N) is 1. The Bertz CT molecular complexity index is 318. The highest BCUT2D eigenvalue weighted by molar-refractivity contribution is 5.73. The molecule has 142 valence electrons. The zero-order valence-electron chi connectivity index (χ0n) is 15.8. The maximum Gasteiger partial charge on any atom is 0.217 e. The van der Waals surface area contributed by atoms with Crippen LogP contribution in [0.25, 0.3) is 0 Å². The molecule has 0 fully saturated rings. The van der Waals surface area contributed by atoms with Gasteiger partial charge in [0.1, 0.15) is 0 Å². The predicted molar refractivity (Wildman–Crippen MR) is 101 cm³/mol. The van der Waals surface area contributed by atoms with E-state index in [4.69, 9.17) is 5.11 Å². The van der Waals surface area contributed by atoms with Crippen LogP contribution in [0.15, 0.2) is 12.2 Å². The van der Waals surface area contributed by atoms with Crippen molar-refractivity contribution in [1.29, 1.82) is 0 Å². The Morgan fingerprint density at radius 1 is 0.958 bits per heavy atom. The molecule has 0 aromatic rings. The molecular weight excluding hydrogens is 302 g/mol. The molecule has 4 heteroatoms. The summed E-state index contributed by atoms with van der Waals surface area (Å²) >= 11 is 0. The number of aliphatic hydroxyl groups is 2. The van der Waals surface area contributed by atoms with Crippen molar-refractivity contribution in [3.8, 4) is 0 Å². The molecule has 4 nitrogen and oxygen atoms in total. The summed E-state index contributed by atoms with van der Waals surface area (Å²) in [5, 5.41) is 21.5. The molecule has 0 saturated carbocycles. The monoisotopic (exact) mass is 341 g/mol. The molecule has 0 aliphatic rings. The summed E-state index contributed by atoms with van der Waals surface area (Å²) in [6.45, 7) is 3.37. The van der Waals surface area contributed by atoms with Gasteiger partial charge in [-0.2, -0.15) is 0 Å². The van der Waals surface area contributed by atoms with Crippen LogP contribution in [-0.2, 0) is 4.79 Å². The summed E-state index contributed by atoms with van der Waals surface area (Å²) < 4.78 is 0. The van der Waals surface area contributed by atoms with Gasteiger partial charge in [-0.05, 0) is 12.8 Å². The Kier molecular flexibility index (Phi) is 16.4. The lowest BCUT2D eigenvalue weighted by molar-refractivity contribution is -0.120. The number of carbonyl (C=O) groups excluding carboxylic acids is 1. The lowest BCUT2D eigenvalue weighted by Gasteiger charge is -2.18. The van der Waals surface area contributed by atoms with Crippen molar-refractivity contribution in [2.45, 2.75) is 103 Å². The van der Waals surface area contributed by atoms with Gasteiger partial charge in [-0.25, -0.2) is 0 Å². The van der Waals surface area contributed by atoms with Crippen LogP contribution in [0.3, 0.4) is 0 Å². The second-order valence-corrected chi connectivity index (χ2v) is 6.73. The zero-order valence-corrected chi connectivity index (χ0v) is 15.8. The van der Waals surface area contributed by atoms with Crippen molar-refractivity contribution < 1.29 is 15.0 Å². The molecular formula is C20H39NO3. The molecule has 24 heavy (non-hydrogen) atoms. The first-order valence-corrected chi connectivity index (χ1v) is 9.84. The largest absolute Gasteiger partial charge is 0.394 e. The minimum absolute atomic E-state index is 0.244. The third-order valence-corrected chi connectivity index (χ3v) is 4.31. The topological polar surface area (TPSA) is 69.6 Å². The van der Waals surface area contributed by atoms with E-state index >= 15 is 0 Å². The van der Waals surface area contributed by atoms with Crippen molar-refractivity contribution in [2.75, 3.05) is 6.61 Å². The molecule has 0 aliphatic carbocycles. The lowest BCUT2D eigenvalue weighted by Crippen LogP contribution is -2.44. The highest BCUT2D eigenvalue weighted by Crippen LogP contribution is 2.12. The molecule has 0 aromatic carbocycles. The van der Waals surface area contributed by atoms with Crippen LogP contribution in [-0.4, -0.2) is 34.9 Å². The smallest absolute Gasteiger partial charge is 0.217 e. The van der Waals surface area contributed by atoms with E-state index in [9.17, 15) is 9.90 Å². The molecule has 0 rings (SSSR count). The van der Waals surface area contributed by atoms with Crippen molar-refractivity contribution in [3.05, 3.63) is 12.2 Å². The number of hydrogen-bond acceptors (Lipinski definition) is 3. The first-order valence-electron chi connectivity index (χ1n) is 9.84. The Balaban J connectivity index is 3.47. The van der Waals surface area contributed by atoms with Crippen molar-refractivity contribution in [3.63, 3.8) is 0 Å². The molecule has 1 amide bonds. The van der Waals surface area contributed by atoms with Crippen molar-refractivity contribution in [1.82, 2.24) is 5.32 Å². The number of allylic oxidation sites excluding steroid dienone is 1. The minimum atomic E-state index is -0.827. The van der Waals surface area contributed by atoms with Crippen molar-refractivity contribution in [2.24, 2.45) is 0 Å². The lowest BCUT2D eigenvalue weighted by atomic mass is 10.0. The number of rotatable bonds is 16. The van der Waals surface area contributed by atoms with Gasteiger partial charge >= 0.3 is 0 Å². The molecule has 2 atom stereocenters. The molecule has 3 N–H and O–H groups in total. The summed E-state index contributed by atoms with van der Waals surface area (Å²) in [5.74, 6) is -0.244. The van der Waals surface area contributed by atoms with Gasteiger partial charge in [0.25, 0.3) is 0 Å². The van der Waals surface area contributed by atoms with E-state index in [0.717, 1.165) is 12.8 Å². The average Bonchev–Trinajstić information content (AvgIpc) is 2.56. The fraction of sp³-hybridized carbons (Fsp3) is 0.850. The SMILES string of the molecule is CCCCCCCCCCCCC/C=C\[C@H](O)[C@H](CO)NC(C)=O. The zero-order chi connectivity index (χ0) is 18.0. The average molecular weight is 342 g/mol. The summed E-state index contributed by atoms with van der Waals surface area (Å²) in [7, 11) is 0. The molecule has 0 spiro atoms. The van der Waals surface area contributed by atoms with E-state index in [1.807, 2.05) is 6.08 Å². The van der Waals surface area contributed by atoms with Gasteiger partial charge in [0.15, 0.2) is 0 Å². The fourth-order valence-corrected chi connectivity index (χ4v) is 2.80. The molecule has 0 saturated heterocycles. The summed E-state index contributed by atoms with van der Waals surface area (Å²) in [6, 6.07) is -0.615. The second-order valence-electron chi connectivity index (χ2n) is 6.73. The number of unbranched alkanes of at least 4 members (excludes halogenated alkanes) is 11. The van der Waals surface area contributed by atoms with Crippen LogP contribution in [0.5, 0.6) is 0 Å². The molecule has 0 bridgehead atoms. The number of carbonyl (C=O) groups is 1. The first kappa shape index (κ1) is 23.1.